The maximum atomic E-state index is 11.9. The van der Waals surface area contributed by atoms with Gasteiger partial charge in [0.25, 0.3) is 5.56 Å². The highest BCUT2D eigenvalue weighted by atomic mass is 35.5. The van der Waals surface area contributed by atoms with Crippen molar-refractivity contribution in [2.45, 2.75) is 6.54 Å². The fraction of sp³-hybridized carbons (Fsp3) is 0.0714. The lowest BCUT2D eigenvalue weighted by molar-refractivity contribution is 0.567. The first-order chi connectivity index (χ1) is 9.74. The average Bonchev–Trinajstić information content (AvgIpc) is 2.98. The Morgan fingerprint density at radius 3 is 2.80 bits per heavy atom. The number of rotatable bonds is 3. The molecule has 0 amide bonds. The molecule has 0 unspecified atom stereocenters. The monoisotopic (exact) mass is 287 g/mol. The lowest BCUT2D eigenvalue weighted by atomic mass is 10.2. The van der Waals surface area contributed by atoms with E-state index in [9.17, 15) is 4.79 Å². The van der Waals surface area contributed by atoms with Crippen molar-refractivity contribution in [1.82, 2.24) is 14.8 Å². The largest absolute Gasteiger partial charge is 0.423 e. The summed E-state index contributed by atoms with van der Waals surface area (Å²) in [6.07, 6.45) is 2.93. The minimum atomic E-state index is -0.117. The van der Waals surface area contributed by atoms with E-state index in [0.717, 1.165) is 5.56 Å². The van der Waals surface area contributed by atoms with Crippen molar-refractivity contribution in [2.24, 2.45) is 0 Å². The van der Waals surface area contributed by atoms with Gasteiger partial charge in [0, 0.05) is 17.3 Å². The topological polar surface area (TPSA) is 60.9 Å². The summed E-state index contributed by atoms with van der Waals surface area (Å²) in [7, 11) is 0. The van der Waals surface area contributed by atoms with Crippen molar-refractivity contribution < 1.29 is 4.42 Å². The minimum absolute atomic E-state index is 0.117. The van der Waals surface area contributed by atoms with Gasteiger partial charge in [-0.2, -0.15) is 0 Å². The molecule has 1 aromatic carbocycles. The van der Waals surface area contributed by atoms with Crippen LogP contribution in [-0.2, 0) is 6.54 Å². The van der Waals surface area contributed by atoms with Crippen LogP contribution in [0.2, 0.25) is 5.02 Å². The Morgan fingerprint density at radius 1 is 1.20 bits per heavy atom. The fourth-order valence-electron chi connectivity index (χ4n) is 1.89. The Bertz CT molecular complexity index is 781. The number of pyridine rings is 1. The van der Waals surface area contributed by atoms with Crippen molar-refractivity contribution in [1.29, 1.82) is 0 Å². The number of halogens is 1. The summed E-state index contributed by atoms with van der Waals surface area (Å²) in [6.45, 7) is 0.389. The first kappa shape index (κ1) is 12.6. The van der Waals surface area contributed by atoms with E-state index in [4.69, 9.17) is 16.0 Å². The molecule has 0 bridgehead atoms. The van der Waals surface area contributed by atoms with Gasteiger partial charge in [0.05, 0.1) is 12.1 Å². The summed E-state index contributed by atoms with van der Waals surface area (Å²) in [5.41, 5.74) is 1.45. The molecule has 0 aliphatic carbocycles. The van der Waals surface area contributed by atoms with Gasteiger partial charge in [-0.15, -0.1) is 10.2 Å². The SMILES string of the molecule is O=c1ccc(-c2nnco2)cn1Cc1ccccc1Cl. The second-order valence-corrected chi connectivity index (χ2v) is 4.63. The maximum Gasteiger partial charge on any atom is 0.250 e. The Morgan fingerprint density at radius 2 is 2.05 bits per heavy atom. The van der Waals surface area contributed by atoms with Crippen LogP contribution in [0.5, 0.6) is 0 Å². The number of aromatic nitrogens is 3. The van der Waals surface area contributed by atoms with Crippen molar-refractivity contribution in [3.05, 3.63) is 69.9 Å². The van der Waals surface area contributed by atoms with E-state index in [-0.39, 0.29) is 5.56 Å². The van der Waals surface area contributed by atoms with Crippen molar-refractivity contribution in [3.63, 3.8) is 0 Å². The molecule has 3 rings (SSSR count). The van der Waals surface area contributed by atoms with E-state index < -0.39 is 0 Å². The van der Waals surface area contributed by atoms with Gasteiger partial charge >= 0.3 is 0 Å². The Hall–Kier alpha value is -2.40. The summed E-state index contributed by atoms with van der Waals surface area (Å²) in [5, 5.41) is 8.07. The molecule has 100 valence electrons. The first-order valence-corrected chi connectivity index (χ1v) is 6.32. The molecule has 0 saturated carbocycles. The molecule has 2 aromatic heterocycles. The van der Waals surface area contributed by atoms with Gasteiger partial charge in [-0.1, -0.05) is 29.8 Å². The van der Waals surface area contributed by atoms with Crippen molar-refractivity contribution in [2.75, 3.05) is 0 Å². The molecule has 0 aliphatic heterocycles. The van der Waals surface area contributed by atoms with E-state index in [1.54, 1.807) is 22.9 Å². The molecule has 2 heterocycles. The number of hydrogen-bond donors (Lipinski definition) is 0. The van der Waals surface area contributed by atoms with E-state index in [1.165, 1.54) is 12.5 Å². The zero-order chi connectivity index (χ0) is 13.9. The standard InChI is InChI=1S/C14H10ClN3O2/c15-12-4-2-1-3-10(12)7-18-8-11(5-6-13(18)19)14-17-16-9-20-14/h1-6,8-9H,7H2. The van der Waals surface area contributed by atoms with E-state index in [1.807, 2.05) is 18.2 Å². The molecule has 0 N–H and O–H groups in total. The van der Waals surface area contributed by atoms with Gasteiger partial charge in [-0.05, 0) is 17.7 Å². The van der Waals surface area contributed by atoms with E-state index in [0.29, 0.717) is 23.0 Å². The smallest absolute Gasteiger partial charge is 0.250 e. The highest BCUT2D eigenvalue weighted by Gasteiger charge is 2.07. The van der Waals surface area contributed by atoms with Gasteiger partial charge in [-0.25, -0.2) is 0 Å². The third-order valence-corrected chi connectivity index (χ3v) is 3.26. The van der Waals surface area contributed by atoms with Crippen molar-refractivity contribution in [3.8, 4) is 11.5 Å². The Kier molecular flexibility index (Phi) is 3.35. The van der Waals surface area contributed by atoms with Gasteiger partial charge in [-0.3, -0.25) is 4.79 Å². The Balaban J connectivity index is 2.00. The Labute approximate surface area is 119 Å². The lowest BCUT2D eigenvalue weighted by Crippen LogP contribution is -2.19. The summed E-state index contributed by atoms with van der Waals surface area (Å²) >= 11 is 6.11. The quantitative estimate of drug-likeness (QED) is 0.743. The maximum absolute atomic E-state index is 11.9. The van der Waals surface area contributed by atoms with Crippen molar-refractivity contribution >= 4 is 11.6 Å². The predicted molar refractivity (Wildman–Crippen MR) is 74.5 cm³/mol. The molecule has 0 radical (unpaired) electrons. The van der Waals surface area contributed by atoms with Crippen LogP contribution in [0, 0.1) is 0 Å². The second-order valence-electron chi connectivity index (χ2n) is 4.22. The normalized spacial score (nSPS) is 10.7. The van der Waals surface area contributed by atoms with Crippen LogP contribution in [0.3, 0.4) is 0 Å². The minimum Gasteiger partial charge on any atom is -0.423 e. The van der Waals surface area contributed by atoms with Crippen LogP contribution in [0.15, 0.2) is 58.2 Å². The molecule has 20 heavy (non-hydrogen) atoms. The molecule has 0 aliphatic rings. The molecule has 0 fully saturated rings. The molecule has 0 saturated heterocycles. The second kappa shape index (κ2) is 5.30. The summed E-state index contributed by atoms with van der Waals surface area (Å²) in [6, 6.07) is 10.5. The summed E-state index contributed by atoms with van der Waals surface area (Å²) in [5.74, 6) is 0.373. The molecule has 0 atom stereocenters. The third-order valence-electron chi connectivity index (χ3n) is 2.89. The molecule has 3 aromatic rings. The van der Waals surface area contributed by atoms with Gasteiger partial charge < -0.3 is 8.98 Å². The van der Waals surface area contributed by atoms with Gasteiger partial charge in [0.2, 0.25) is 12.3 Å². The number of benzene rings is 1. The molecule has 0 spiro atoms. The van der Waals surface area contributed by atoms with E-state index in [2.05, 4.69) is 10.2 Å². The highest BCUT2D eigenvalue weighted by Crippen LogP contribution is 2.17. The number of nitrogens with zero attached hydrogens (tertiary/aromatic N) is 3. The zero-order valence-corrected chi connectivity index (χ0v) is 11.1. The highest BCUT2D eigenvalue weighted by molar-refractivity contribution is 6.31. The third kappa shape index (κ3) is 2.48. The molecule has 6 heteroatoms. The predicted octanol–water partition coefficient (Wildman–Crippen LogP) is 2.60. The lowest BCUT2D eigenvalue weighted by Gasteiger charge is -2.08. The van der Waals surface area contributed by atoms with Crippen LogP contribution in [0.25, 0.3) is 11.5 Å². The van der Waals surface area contributed by atoms with Gasteiger partial charge in [0.1, 0.15) is 0 Å². The molecular formula is C14H10ClN3O2. The average molecular weight is 288 g/mol. The van der Waals surface area contributed by atoms with Crippen LogP contribution in [0.1, 0.15) is 5.56 Å². The fourth-order valence-corrected chi connectivity index (χ4v) is 2.09. The summed E-state index contributed by atoms with van der Waals surface area (Å²) < 4.78 is 6.68. The van der Waals surface area contributed by atoms with Crippen LogP contribution in [-0.4, -0.2) is 14.8 Å². The van der Waals surface area contributed by atoms with Crippen LogP contribution in [0.4, 0.5) is 0 Å². The van der Waals surface area contributed by atoms with Gasteiger partial charge in [0.15, 0.2) is 0 Å². The molecule has 5 nitrogen and oxygen atoms in total. The van der Waals surface area contributed by atoms with E-state index >= 15 is 0 Å². The van der Waals surface area contributed by atoms with Crippen LogP contribution >= 0.6 is 11.6 Å². The van der Waals surface area contributed by atoms with Crippen LogP contribution < -0.4 is 5.56 Å². The first-order valence-electron chi connectivity index (χ1n) is 5.94. The molecular weight excluding hydrogens is 278 g/mol. The zero-order valence-electron chi connectivity index (χ0n) is 10.4. The summed E-state index contributed by atoms with van der Waals surface area (Å²) in [4.78, 5) is 11.9. The number of hydrogen-bond acceptors (Lipinski definition) is 4.